The minimum Gasteiger partial charge on any atom is -0.493 e. The number of ether oxygens (including phenoxy) is 2. The quantitative estimate of drug-likeness (QED) is 0.271. The number of H-pyrrole nitrogens is 1. The number of benzene rings is 3. The van der Waals surface area contributed by atoms with Crippen LogP contribution in [0.15, 0.2) is 53.0 Å². The van der Waals surface area contributed by atoms with Gasteiger partial charge in [0.2, 0.25) is 0 Å². The molecule has 0 aliphatic rings. The number of aromatic amines is 1. The van der Waals surface area contributed by atoms with E-state index in [1.807, 2.05) is 55.5 Å². The molecule has 3 aromatic carbocycles. The number of nitrogens with zero attached hydrogens (tertiary/aromatic N) is 2. The Morgan fingerprint density at radius 3 is 2.67 bits per heavy atom. The molecule has 166 valence electrons. The van der Waals surface area contributed by atoms with Crippen LogP contribution in [0.4, 0.5) is 0 Å². The molecule has 0 radical (unpaired) electrons. The molecule has 0 atom stereocenters. The van der Waals surface area contributed by atoms with Crippen LogP contribution in [0.2, 0.25) is 5.02 Å². The smallest absolute Gasteiger partial charge is 0.175 e. The Bertz CT molecular complexity index is 1380. The van der Waals surface area contributed by atoms with Crippen LogP contribution in [0.1, 0.15) is 28.1 Å². The summed E-state index contributed by atoms with van der Waals surface area (Å²) in [5.41, 5.74) is 6.12. The van der Waals surface area contributed by atoms with E-state index in [1.165, 1.54) is 5.56 Å². The molecule has 1 heterocycles. The first kappa shape index (κ1) is 22.9. The summed E-state index contributed by atoms with van der Waals surface area (Å²) in [6.45, 7) is 4.39. The number of rotatable bonds is 6. The van der Waals surface area contributed by atoms with Gasteiger partial charge in [0.25, 0.3) is 0 Å². The standard InChI is InChI=1S/C26H21BrClN3O2/c1-15-8-22-23(9-16(15)2)31-26(30-22)19(13-29)10-17-11-20(27)25(24(12-17)32-3)33-14-18-6-4-5-7-21(18)28/h4-12H,14H2,1-3H3,(H,30,31)/b19-10+. The van der Waals surface area contributed by atoms with Crippen LogP contribution in [0, 0.1) is 25.2 Å². The number of aromatic nitrogens is 2. The first-order valence-electron chi connectivity index (χ1n) is 10.2. The lowest BCUT2D eigenvalue weighted by molar-refractivity contribution is 0.282. The monoisotopic (exact) mass is 521 g/mol. The SMILES string of the molecule is COc1cc(/C=C(\C#N)c2nc3cc(C)c(C)cc3[nH]2)cc(Br)c1OCc1ccccc1Cl. The van der Waals surface area contributed by atoms with Crippen molar-refractivity contribution in [3.63, 3.8) is 0 Å². The molecule has 0 aliphatic heterocycles. The summed E-state index contributed by atoms with van der Waals surface area (Å²) in [6, 6.07) is 17.5. The molecule has 0 bridgehead atoms. The maximum atomic E-state index is 9.80. The second-order valence-electron chi connectivity index (χ2n) is 7.62. The minimum atomic E-state index is 0.297. The number of nitriles is 1. The third-order valence-electron chi connectivity index (χ3n) is 5.37. The Balaban J connectivity index is 1.66. The molecule has 0 unspecified atom stereocenters. The molecule has 7 heteroatoms. The van der Waals surface area contributed by atoms with E-state index in [9.17, 15) is 5.26 Å². The number of hydrogen-bond donors (Lipinski definition) is 1. The van der Waals surface area contributed by atoms with Crippen LogP contribution in [-0.2, 0) is 6.61 Å². The van der Waals surface area contributed by atoms with E-state index in [1.54, 1.807) is 13.2 Å². The zero-order valence-electron chi connectivity index (χ0n) is 18.4. The van der Waals surface area contributed by atoms with Gasteiger partial charge in [0, 0.05) is 10.6 Å². The fourth-order valence-electron chi connectivity index (χ4n) is 3.45. The third-order valence-corrected chi connectivity index (χ3v) is 6.32. The van der Waals surface area contributed by atoms with Gasteiger partial charge in [-0.2, -0.15) is 5.26 Å². The van der Waals surface area contributed by atoms with Crippen molar-refractivity contribution in [2.75, 3.05) is 7.11 Å². The van der Waals surface area contributed by atoms with Gasteiger partial charge in [-0.1, -0.05) is 29.8 Å². The van der Waals surface area contributed by atoms with Crippen molar-refractivity contribution < 1.29 is 9.47 Å². The number of fused-ring (bicyclic) bond motifs is 1. The number of imidazole rings is 1. The van der Waals surface area contributed by atoms with Crippen molar-refractivity contribution in [3.8, 4) is 17.6 Å². The predicted octanol–water partition coefficient (Wildman–Crippen LogP) is 7.25. The fourth-order valence-corrected chi connectivity index (χ4v) is 4.21. The van der Waals surface area contributed by atoms with Gasteiger partial charge in [0.1, 0.15) is 18.5 Å². The average molecular weight is 523 g/mol. The molecule has 0 amide bonds. The van der Waals surface area contributed by atoms with Crippen molar-refractivity contribution in [2.24, 2.45) is 0 Å². The molecule has 1 aromatic heterocycles. The summed E-state index contributed by atoms with van der Waals surface area (Å²) >= 11 is 9.81. The molecule has 0 spiro atoms. The van der Waals surface area contributed by atoms with E-state index in [4.69, 9.17) is 21.1 Å². The largest absolute Gasteiger partial charge is 0.493 e. The normalized spacial score (nSPS) is 11.5. The number of aryl methyl sites for hydroxylation is 2. The summed E-state index contributed by atoms with van der Waals surface area (Å²) in [6.07, 6.45) is 1.77. The first-order valence-corrected chi connectivity index (χ1v) is 11.4. The second-order valence-corrected chi connectivity index (χ2v) is 8.88. The predicted molar refractivity (Wildman–Crippen MR) is 136 cm³/mol. The number of nitrogens with one attached hydrogen (secondary N) is 1. The van der Waals surface area contributed by atoms with E-state index >= 15 is 0 Å². The highest BCUT2D eigenvalue weighted by Crippen LogP contribution is 2.38. The summed E-state index contributed by atoms with van der Waals surface area (Å²) in [7, 11) is 1.58. The molecular formula is C26H21BrClN3O2. The second kappa shape index (κ2) is 9.70. The van der Waals surface area contributed by atoms with Crippen molar-refractivity contribution in [1.29, 1.82) is 5.26 Å². The van der Waals surface area contributed by atoms with Gasteiger partial charge in [0.05, 0.1) is 28.2 Å². The molecule has 33 heavy (non-hydrogen) atoms. The molecule has 1 N–H and O–H groups in total. The van der Waals surface area contributed by atoms with Crippen LogP contribution in [0.3, 0.4) is 0 Å². The number of allylic oxidation sites excluding steroid dienone is 1. The van der Waals surface area contributed by atoms with Gasteiger partial charge in [-0.15, -0.1) is 0 Å². The van der Waals surface area contributed by atoms with Crippen LogP contribution in [0.5, 0.6) is 11.5 Å². The maximum absolute atomic E-state index is 9.80. The Morgan fingerprint density at radius 1 is 1.18 bits per heavy atom. The number of halogens is 2. The van der Waals surface area contributed by atoms with Crippen LogP contribution in [0.25, 0.3) is 22.7 Å². The van der Waals surface area contributed by atoms with E-state index < -0.39 is 0 Å². The number of methoxy groups -OCH3 is 1. The van der Waals surface area contributed by atoms with E-state index in [-0.39, 0.29) is 0 Å². The van der Waals surface area contributed by atoms with Crippen molar-refractivity contribution in [2.45, 2.75) is 20.5 Å². The fraction of sp³-hybridized carbons (Fsp3) is 0.154. The van der Waals surface area contributed by atoms with E-state index in [0.29, 0.717) is 39.0 Å². The van der Waals surface area contributed by atoms with Gasteiger partial charge in [0.15, 0.2) is 11.5 Å². The van der Waals surface area contributed by atoms with Gasteiger partial charge < -0.3 is 14.5 Å². The van der Waals surface area contributed by atoms with Crippen molar-refractivity contribution in [3.05, 3.63) is 86.1 Å². The molecule has 4 rings (SSSR count). The Morgan fingerprint density at radius 2 is 1.94 bits per heavy atom. The van der Waals surface area contributed by atoms with Crippen LogP contribution >= 0.6 is 27.5 Å². The summed E-state index contributed by atoms with van der Waals surface area (Å²) < 4.78 is 12.3. The molecule has 0 saturated carbocycles. The average Bonchev–Trinajstić information content (AvgIpc) is 3.20. The molecule has 4 aromatic rings. The summed E-state index contributed by atoms with van der Waals surface area (Å²) in [5.74, 6) is 1.62. The minimum absolute atomic E-state index is 0.297. The lowest BCUT2D eigenvalue weighted by atomic mass is 10.1. The van der Waals surface area contributed by atoms with Crippen LogP contribution < -0.4 is 9.47 Å². The van der Waals surface area contributed by atoms with Gasteiger partial charge in [-0.05, 0) is 82.9 Å². The third kappa shape index (κ3) is 4.90. The van der Waals surface area contributed by atoms with Gasteiger partial charge >= 0.3 is 0 Å². The molecule has 0 fully saturated rings. The Labute approximate surface area is 205 Å². The highest BCUT2D eigenvalue weighted by molar-refractivity contribution is 9.10. The highest BCUT2D eigenvalue weighted by Gasteiger charge is 2.14. The topological polar surface area (TPSA) is 70.9 Å². The maximum Gasteiger partial charge on any atom is 0.175 e. The Kier molecular flexibility index (Phi) is 6.73. The first-order chi connectivity index (χ1) is 15.9. The van der Waals surface area contributed by atoms with E-state index in [0.717, 1.165) is 27.7 Å². The van der Waals surface area contributed by atoms with E-state index in [2.05, 4.69) is 38.9 Å². The number of hydrogen-bond acceptors (Lipinski definition) is 4. The zero-order valence-corrected chi connectivity index (χ0v) is 20.7. The van der Waals surface area contributed by atoms with Crippen molar-refractivity contribution >= 4 is 50.2 Å². The molecule has 0 saturated heterocycles. The lowest BCUT2D eigenvalue weighted by Gasteiger charge is -2.14. The summed E-state index contributed by atoms with van der Waals surface area (Å²) in [5, 5.41) is 10.4. The zero-order chi connectivity index (χ0) is 23.5. The van der Waals surface area contributed by atoms with Gasteiger partial charge in [-0.3, -0.25) is 0 Å². The van der Waals surface area contributed by atoms with Crippen molar-refractivity contribution in [1.82, 2.24) is 9.97 Å². The van der Waals surface area contributed by atoms with Crippen LogP contribution in [-0.4, -0.2) is 17.1 Å². The molecular weight excluding hydrogens is 502 g/mol. The lowest BCUT2D eigenvalue weighted by Crippen LogP contribution is -1.99. The summed E-state index contributed by atoms with van der Waals surface area (Å²) in [4.78, 5) is 7.86. The Hall–Kier alpha value is -3.27. The highest BCUT2D eigenvalue weighted by atomic mass is 79.9. The molecule has 0 aliphatic carbocycles. The molecule has 5 nitrogen and oxygen atoms in total. The van der Waals surface area contributed by atoms with Gasteiger partial charge in [-0.25, -0.2) is 4.98 Å².